The second kappa shape index (κ2) is 8.44. The number of aromatic nitrogens is 2. The number of ether oxygens (including phenoxy) is 1. The van der Waals surface area contributed by atoms with Gasteiger partial charge in [-0.15, -0.1) is 0 Å². The third-order valence-corrected chi connectivity index (χ3v) is 5.92. The molecule has 0 aliphatic heterocycles. The van der Waals surface area contributed by atoms with Crippen molar-refractivity contribution in [1.29, 1.82) is 0 Å². The number of benzene rings is 3. The lowest BCUT2D eigenvalue weighted by Crippen LogP contribution is -2.26. The first-order chi connectivity index (χ1) is 14.5. The van der Waals surface area contributed by atoms with Crippen LogP contribution in [0.1, 0.15) is 29.8 Å². The van der Waals surface area contributed by atoms with E-state index in [0.29, 0.717) is 5.39 Å². The highest BCUT2D eigenvalue weighted by molar-refractivity contribution is 9.10. The van der Waals surface area contributed by atoms with Crippen LogP contribution in [0.15, 0.2) is 76.0 Å². The molecule has 4 rings (SSSR count). The molecule has 0 bridgehead atoms. The molecule has 30 heavy (non-hydrogen) atoms. The Morgan fingerprint density at radius 1 is 1.07 bits per heavy atom. The summed E-state index contributed by atoms with van der Waals surface area (Å²) < 4.78 is 7.88. The van der Waals surface area contributed by atoms with Crippen molar-refractivity contribution in [3.63, 3.8) is 0 Å². The van der Waals surface area contributed by atoms with E-state index < -0.39 is 0 Å². The number of aryl methyl sites for hydroxylation is 1. The topological polar surface area (TPSA) is 44.1 Å². The van der Waals surface area contributed by atoms with Crippen molar-refractivity contribution in [2.75, 3.05) is 7.11 Å². The van der Waals surface area contributed by atoms with Gasteiger partial charge in [-0.05, 0) is 76.8 Å². The van der Waals surface area contributed by atoms with Gasteiger partial charge in [-0.1, -0.05) is 37.3 Å². The molecule has 0 spiro atoms. The van der Waals surface area contributed by atoms with Crippen LogP contribution in [0.4, 0.5) is 0 Å². The predicted octanol–water partition coefficient (Wildman–Crippen LogP) is 5.81. The fraction of sp³-hybridized carbons (Fsp3) is 0.200. The van der Waals surface area contributed by atoms with Crippen molar-refractivity contribution < 1.29 is 4.74 Å². The summed E-state index contributed by atoms with van der Waals surface area (Å²) in [7, 11) is 1.66. The van der Waals surface area contributed by atoms with Crippen LogP contribution in [0.5, 0.6) is 5.75 Å². The van der Waals surface area contributed by atoms with E-state index >= 15 is 0 Å². The molecule has 0 fully saturated rings. The molecule has 0 amide bonds. The van der Waals surface area contributed by atoms with E-state index in [9.17, 15) is 4.79 Å². The summed E-state index contributed by atoms with van der Waals surface area (Å²) in [5.74, 6) is 1.61. The quantitative estimate of drug-likeness (QED) is 0.375. The molecule has 1 atom stereocenters. The predicted molar refractivity (Wildman–Crippen MR) is 125 cm³/mol. The Morgan fingerprint density at radius 2 is 1.80 bits per heavy atom. The Kier molecular flexibility index (Phi) is 5.73. The first-order valence-electron chi connectivity index (χ1n) is 9.89. The Hall–Kier alpha value is -2.92. The van der Waals surface area contributed by atoms with Gasteiger partial charge in [0.15, 0.2) is 0 Å². The van der Waals surface area contributed by atoms with Gasteiger partial charge in [0.1, 0.15) is 11.6 Å². The van der Waals surface area contributed by atoms with Crippen molar-refractivity contribution >= 4 is 26.8 Å². The molecule has 0 saturated heterocycles. The Labute approximate surface area is 184 Å². The summed E-state index contributed by atoms with van der Waals surface area (Å²) >= 11 is 3.65. The second-order valence-corrected chi connectivity index (χ2v) is 8.39. The highest BCUT2D eigenvalue weighted by Crippen LogP contribution is 2.27. The van der Waals surface area contributed by atoms with E-state index in [2.05, 4.69) is 35.0 Å². The van der Waals surface area contributed by atoms with Gasteiger partial charge in [-0.2, -0.15) is 0 Å². The molecular weight excluding hydrogens is 440 g/mol. The monoisotopic (exact) mass is 462 g/mol. The molecule has 3 aromatic carbocycles. The lowest BCUT2D eigenvalue weighted by molar-refractivity contribution is 0.414. The average Bonchev–Trinajstić information content (AvgIpc) is 2.75. The molecule has 5 heteroatoms. The number of nitrogens with zero attached hydrogens (tertiary/aromatic N) is 2. The molecule has 4 aromatic rings. The van der Waals surface area contributed by atoms with Crippen molar-refractivity contribution in [1.82, 2.24) is 9.55 Å². The van der Waals surface area contributed by atoms with E-state index in [1.165, 1.54) is 5.56 Å². The fourth-order valence-corrected chi connectivity index (χ4v) is 4.38. The van der Waals surface area contributed by atoms with Gasteiger partial charge in [0, 0.05) is 10.4 Å². The maximum absolute atomic E-state index is 13.5. The standard InChI is InChI=1S/C25H23BrN2O2/c1-16-8-13-23(21(26)14-16)28-24(27-22-7-5-4-6-20(22)25(28)29)17(2)15-18-9-11-19(30-3)12-10-18/h4-14,17H,15H2,1-3H3/t17-/m0/s1. The van der Waals surface area contributed by atoms with Gasteiger partial charge in [0.05, 0.1) is 23.7 Å². The number of hydrogen-bond donors (Lipinski definition) is 0. The van der Waals surface area contributed by atoms with Crippen LogP contribution in [-0.4, -0.2) is 16.7 Å². The van der Waals surface area contributed by atoms with Crippen molar-refractivity contribution in [2.24, 2.45) is 0 Å². The summed E-state index contributed by atoms with van der Waals surface area (Å²) in [4.78, 5) is 18.4. The van der Waals surface area contributed by atoms with Gasteiger partial charge in [-0.3, -0.25) is 9.36 Å². The van der Waals surface area contributed by atoms with Crippen molar-refractivity contribution in [3.8, 4) is 11.4 Å². The first-order valence-corrected chi connectivity index (χ1v) is 10.7. The second-order valence-electron chi connectivity index (χ2n) is 7.54. The lowest BCUT2D eigenvalue weighted by Gasteiger charge is -2.20. The molecule has 1 aromatic heterocycles. The Bertz CT molecular complexity index is 1260. The zero-order chi connectivity index (χ0) is 21.3. The summed E-state index contributed by atoms with van der Waals surface area (Å²) in [5, 5.41) is 0.616. The minimum atomic E-state index is -0.0540. The van der Waals surface area contributed by atoms with E-state index in [1.807, 2.05) is 61.5 Å². The number of para-hydroxylation sites is 1. The summed E-state index contributed by atoms with van der Waals surface area (Å²) in [6.07, 6.45) is 0.762. The van der Waals surface area contributed by atoms with Crippen LogP contribution in [-0.2, 0) is 6.42 Å². The minimum absolute atomic E-state index is 0.0314. The molecule has 0 aliphatic carbocycles. The summed E-state index contributed by atoms with van der Waals surface area (Å²) in [6.45, 7) is 4.14. The number of hydrogen-bond acceptors (Lipinski definition) is 3. The van der Waals surface area contributed by atoms with Crippen LogP contribution in [0.3, 0.4) is 0 Å². The number of rotatable bonds is 5. The molecule has 4 nitrogen and oxygen atoms in total. The highest BCUT2D eigenvalue weighted by atomic mass is 79.9. The van der Waals surface area contributed by atoms with Crippen molar-refractivity contribution in [3.05, 3.63) is 98.5 Å². The van der Waals surface area contributed by atoms with Crippen LogP contribution in [0, 0.1) is 6.92 Å². The maximum atomic E-state index is 13.5. The first kappa shape index (κ1) is 20.4. The maximum Gasteiger partial charge on any atom is 0.266 e. The number of methoxy groups -OCH3 is 1. The van der Waals surface area contributed by atoms with E-state index in [0.717, 1.165) is 39.2 Å². The third-order valence-electron chi connectivity index (χ3n) is 5.29. The SMILES string of the molecule is COc1ccc(C[C@H](C)c2nc3ccccc3c(=O)n2-c2ccc(C)cc2Br)cc1. The van der Waals surface area contributed by atoms with Gasteiger partial charge in [0.2, 0.25) is 0 Å². The van der Waals surface area contributed by atoms with Gasteiger partial charge < -0.3 is 4.74 Å². The van der Waals surface area contributed by atoms with Gasteiger partial charge >= 0.3 is 0 Å². The Balaban J connectivity index is 1.87. The molecule has 0 saturated carbocycles. The van der Waals surface area contributed by atoms with Crippen molar-refractivity contribution in [2.45, 2.75) is 26.2 Å². The summed E-state index contributed by atoms with van der Waals surface area (Å²) in [5.41, 5.74) is 3.77. The van der Waals surface area contributed by atoms with Crippen LogP contribution in [0.2, 0.25) is 0 Å². The van der Waals surface area contributed by atoms with E-state index in [-0.39, 0.29) is 11.5 Å². The lowest BCUT2D eigenvalue weighted by atomic mass is 9.99. The molecule has 152 valence electrons. The van der Waals surface area contributed by atoms with Crippen LogP contribution in [0.25, 0.3) is 16.6 Å². The Morgan fingerprint density at radius 3 is 2.50 bits per heavy atom. The summed E-state index contributed by atoms with van der Waals surface area (Å²) in [6, 6.07) is 21.6. The molecule has 0 radical (unpaired) electrons. The third kappa shape index (κ3) is 3.90. The van der Waals surface area contributed by atoms with Crippen LogP contribution >= 0.6 is 15.9 Å². The fourth-order valence-electron chi connectivity index (χ4n) is 3.71. The largest absolute Gasteiger partial charge is 0.497 e. The van der Waals surface area contributed by atoms with Gasteiger partial charge in [-0.25, -0.2) is 4.98 Å². The van der Waals surface area contributed by atoms with E-state index in [4.69, 9.17) is 9.72 Å². The van der Waals surface area contributed by atoms with Crippen LogP contribution < -0.4 is 10.3 Å². The normalized spacial score (nSPS) is 12.1. The van der Waals surface area contributed by atoms with Gasteiger partial charge in [0.25, 0.3) is 5.56 Å². The average molecular weight is 463 g/mol. The highest BCUT2D eigenvalue weighted by Gasteiger charge is 2.19. The zero-order valence-electron chi connectivity index (χ0n) is 17.2. The molecule has 1 heterocycles. The molecule has 0 N–H and O–H groups in total. The number of halogens is 1. The minimum Gasteiger partial charge on any atom is -0.497 e. The molecule has 0 aliphatic rings. The molecule has 0 unspecified atom stereocenters. The molecular formula is C25H23BrN2O2. The smallest absolute Gasteiger partial charge is 0.266 e. The van der Waals surface area contributed by atoms with E-state index in [1.54, 1.807) is 11.7 Å². The zero-order valence-corrected chi connectivity index (χ0v) is 18.8. The number of fused-ring (bicyclic) bond motifs is 1.